The molecular weight excluding hydrogens is 416 g/mol. The lowest BCUT2D eigenvalue weighted by Gasteiger charge is -2.35. The number of sulfonamides is 1. The second-order valence-electron chi connectivity index (χ2n) is 8.43. The third-order valence-electron chi connectivity index (χ3n) is 6.38. The average molecular weight is 449 g/mol. The highest BCUT2D eigenvalue weighted by atomic mass is 35.5. The Balaban J connectivity index is 1.97. The molecule has 30 heavy (non-hydrogen) atoms. The van der Waals surface area contributed by atoms with E-state index in [1.54, 1.807) is 10.5 Å². The van der Waals surface area contributed by atoms with Crippen LogP contribution in [0.2, 0.25) is 5.02 Å². The van der Waals surface area contributed by atoms with E-state index in [4.69, 9.17) is 17.3 Å². The number of hydrogen-bond acceptors (Lipinski definition) is 3. The van der Waals surface area contributed by atoms with Crippen molar-refractivity contribution in [2.24, 2.45) is 11.7 Å². The van der Waals surface area contributed by atoms with Crippen molar-refractivity contribution < 1.29 is 8.42 Å². The number of nitrogens with zero attached hydrogens (tertiary/aromatic N) is 1. The molecule has 1 heterocycles. The van der Waals surface area contributed by atoms with Gasteiger partial charge in [-0.2, -0.15) is 0 Å². The molecule has 1 aliphatic carbocycles. The van der Waals surface area contributed by atoms with Gasteiger partial charge in [0.2, 0.25) is 10.0 Å². The standard InChI is InChI=1S/C24H33ClN2O2S/c1-3-4-6-19-15-21-16-22(25)8-9-23(21)24(17-20(19)7-5-12-26)18-10-13-27(14-11-18)30(2,28)29/h5,7-9,12,15-16,18,24H,3-4,6,10-11,13-14,17,26H2,1-2H3/b12-5-,20-7+. The minimum absolute atomic E-state index is 0.340. The summed E-state index contributed by atoms with van der Waals surface area (Å²) in [5, 5.41) is 0.750. The van der Waals surface area contributed by atoms with Crippen molar-refractivity contribution in [1.82, 2.24) is 4.31 Å². The monoisotopic (exact) mass is 448 g/mol. The van der Waals surface area contributed by atoms with Crippen molar-refractivity contribution in [1.29, 1.82) is 0 Å². The third-order valence-corrected chi connectivity index (χ3v) is 7.91. The van der Waals surface area contributed by atoms with Crippen LogP contribution in [-0.4, -0.2) is 32.1 Å². The first kappa shape index (κ1) is 23.1. The van der Waals surface area contributed by atoms with Gasteiger partial charge < -0.3 is 5.73 Å². The van der Waals surface area contributed by atoms with Gasteiger partial charge in [-0.3, -0.25) is 0 Å². The van der Waals surface area contributed by atoms with E-state index in [2.05, 4.69) is 31.2 Å². The Kier molecular flexibility index (Phi) is 7.83. The van der Waals surface area contributed by atoms with Crippen LogP contribution < -0.4 is 5.73 Å². The molecule has 0 bridgehead atoms. The van der Waals surface area contributed by atoms with Gasteiger partial charge in [-0.25, -0.2) is 12.7 Å². The van der Waals surface area contributed by atoms with Crippen molar-refractivity contribution >= 4 is 27.7 Å². The fourth-order valence-electron chi connectivity index (χ4n) is 4.74. The molecule has 164 valence electrons. The Morgan fingerprint density at radius 3 is 2.63 bits per heavy atom. The van der Waals surface area contributed by atoms with Crippen molar-refractivity contribution in [2.75, 3.05) is 19.3 Å². The van der Waals surface area contributed by atoms with Crippen molar-refractivity contribution in [2.45, 2.75) is 51.4 Å². The molecule has 4 nitrogen and oxygen atoms in total. The highest BCUT2D eigenvalue weighted by Crippen LogP contribution is 2.44. The number of rotatable bonds is 6. The van der Waals surface area contributed by atoms with Crippen LogP contribution in [0, 0.1) is 5.92 Å². The van der Waals surface area contributed by atoms with Gasteiger partial charge in [0.15, 0.2) is 0 Å². The first-order valence-electron chi connectivity index (χ1n) is 10.9. The van der Waals surface area contributed by atoms with Crippen LogP contribution in [0.5, 0.6) is 0 Å². The average Bonchev–Trinajstić information content (AvgIpc) is 2.86. The summed E-state index contributed by atoms with van der Waals surface area (Å²) in [4.78, 5) is 0. The largest absolute Gasteiger partial charge is 0.405 e. The van der Waals surface area contributed by atoms with Crippen molar-refractivity contribution in [3.63, 3.8) is 0 Å². The summed E-state index contributed by atoms with van der Waals surface area (Å²) in [6.07, 6.45) is 15.3. The number of piperidine rings is 1. The van der Waals surface area contributed by atoms with Crippen LogP contribution in [0.3, 0.4) is 0 Å². The van der Waals surface area contributed by atoms with E-state index in [0.29, 0.717) is 24.9 Å². The summed E-state index contributed by atoms with van der Waals surface area (Å²) >= 11 is 6.36. The summed E-state index contributed by atoms with van der Waals surface area (Å²) < 4.78 is 25.5. The number of benzene rings is 1. The molecule has 1 aliphatic heterocycles. The quantitative estimate of drug-likeness (QED) is 0.627. The van der Waals surface area contributed by atoms with Crippen molar-refractivity contribution in [3.8, 4) is 0 Å². The molecule has 0 amide bonds. The SMILES string of the molecule is CCCCC1=Cc2cc(Cl)ccc2C(C2CCN(S(C)(=O)=O)CC2)C/C1=C\C=C/N. The molecule has 1 fully saturated rings. The fourth-order valence-corrected chi connectivity index (χ4v) is 5.80. The van der Waals surface area contributed by atoms with Gasteiger partial charge in [0.05, 0.1) is 6.26 Å². The third kappa shape index (κ3) is 5.57. The van der Waals surface area contributed by atoms with Crippen LogP contribution in [0.15, 0.2) is 47.7 Å². The lowest BCUT2D eigenvalue weighted by atomic mass is 9.76. The molecule has 3 rings (SSSR count). The molecule has 2 N–H and O–H groups in total. The zero-order chi connectivity index (χ0) is 21.7. The second kappa shape index (κ2) is 10.2. The van der Waals surface area contributed by atoms with Gasteiger partial charge >= 0.3 is 0 Å². The fraction of sp³-hybridized carbons (Fsp3) is 0.500. The van der Waals surface area contributed by atoms with E-state index in [-0.39, 0.29) is 0 Å². The molecule has 1 atom stereocenters. The van der Waals surface area contributed by atoms with Gasteiger partial charge in [-0.15, -0.1) is 0 Å². The summed E-state index contributed by atoms with van der Waals surface area (Å²) in [5.41, 5.74) is 10.9. The van der Waals surface area contributed by atoms with E-state index < -0.39 is 10.0 Å². The summed E-state index contributed by atoms with van der Waals surface area (Å²) in [6.45, 7) is 3.41. The summed E-state index contributed by atoms with van der Waals surface area (Å²) in [5.74, 6) is 0.777. The van der Waals surface area contributed by atoms with Gasteiger partial charge in [0, 0.05) is 18.1 Å². The second-order valence-corrected chi connectivity index (χ2v) is 10.9. The predicted molar refractivity (Wildman–Crippen MR) is 127 cm³/mol. The molecule has 6 heteroatoms. The van der Waals surface area contributed by atoms with E-state index in [1.807, 2.05) is 12.1 Å². The summed E-state index contributed by atoms with van der Waals surface area (Å²) in [6, 6.07) is 6.22. The van der Waals surface area contributed by atoms with Crippen LogP contribution >= 0.6 is 11.6 Å². The Hall–Kier alpha value is -1.56. The van der Waals surface area contributed by atoms with E-state index in [9.17, 15) is 8.42 Å². The van der Waals surface area contributed by atoms with Gasteiger partial charge in [-0.05, 0) is 90.6 Å². The molecular formula is C24H33ClN2O2S. The molecule has 0 aromatic heterocycles. The van der Waals surface area contributed by atoms with Gasteiger partial charge in [0.25, 0.3) is 0 Å². The maximum atomic E-state index is 11.9. The summed E-state index contributed by atoms with van der Waals surface area (Å²) in [7, 11) is -3.12. The maximum Gasteiger partial charge on any atom is 0.211 e. The molecule has 0 spiro atoms. The van der Waals surface area contributed by atoms with E-state index in [0.717, 1.165) is 43.5 Å². The molecule has 0 saturated carbocycles. The van der Waals surface area contributed by atoms with E-state index >= 15 is 0 Å². The normalized spacial score (nSPS) is 22.8. The maximum absolute atomic E-state index is 11.9. The molecule has 1 unspecified atom stereocenters. The minimum Gasteiger partial charge on any atom is -0.405 e. The molecule has 1 saturated heterocycles. The number of allylic oxidation sites excluding steroid dienone is 4. The number of halogens is 1. The molecule has 1 aromatic rings. The number of hydrogen-bond donors (Lipinski definition) is 1. The Morgan fingerprint density at radius 2 is 2.00 bits per heavy atom. The van der Waals surface area contributed by atoms with Crippen LogP contribution in [-0.2, 0) is 10.0 Å². The molecule has 0 radical (unpaired) electrons. The van der Waals surface area contributed by atoms with E-state index in [1.165, 1.54) is 28.5 Å². The lowest BCUT2D eigenvalue weighted by molar-refractivity contribution is 0.243. The Morgan fingerprint density at radius 1 is 1.27 bits per heavy atom. The molecule has 2 aliphatic rings. The van der Waals surface area contributed by atoms with Crippen molar-refractivity contribution in [3.05, 3.63) is 63.8 Å². The predicted octanol–water partition coefficient (Wildman–Crippen LogP) is 5.47. The zero-order valence-electron chi connectivity index (χ0n) is 18.0. The van der Waals surface area contributed by atoms with Crippen LogP contribution in [0.1, 0.15) is 62.5 Å². The Labute approximate surface area is 186 Å². The van der Waals surface area contributed by atoms with Crippen LogP contribution in [0.4, 0.5) is 0 Å². The smallest absolute Gasteiger partial charge is 0.211 e. The topological polar surface area (TPSA) is 63.4 Å². The first-order chi connectivity index (χ1) is 14.3. The zero-order valence-corrected chi connectivity index (χ0v) is 19.6. The number of unbranched alkanes of at least 4 members (excludes halogenated alkanes) is 1. The Bertz CT molecular complexity index is 942. The van der Waals surface area contributed by atoms with Crippen LogP contribution in [0.25, 0.3) is 6.08 Å². The minimum atomic E-state index is -3.12. The number of nitrogens with two attached hydrogens (primary N) is 1. The van der Waals surface area contributed by atoms with Gasteiger partial charge in [0.1, 0.15) is 0 Å². The highest BCUT2D eigenvalue weighted by molar-refractivity contribution is 7.88. The first-order valence-corrected chi connectivity index (χ1v) is 13.1. The lowest BCUT2D eigenvalue weighted by Crippen LogP contribution is -2.39. The number of fused-ring (bicyclic) bond motifs is 1. The molecule has 1 aromatic carbocycles. The highest BCUT2D eigenvalue weighted by Gasteiger charge is 2.33. The van der Waals surface area contributed by atoms with Gasteiger partial charge in [-0.1, -0.05) is 43.2 Å².